The number of hydrogen-bond acceptors (Lipinski definition) is 7. The van der Waals surface area contributed by atoms with Gasteiger partial charge in [-0.05, 0) is 53.6 Å². The molecule has 7 heteroatoms. The summed E-state index contributed by atoms with van der Waals surface area (Å²) in [7, 11) is 1.42. The van der Waals surface area contributed by atoms with Crippen LogP contribution in [0.4, 0.5) is 11.5 Å². The molecule has 0 saturated heterocycles. The van der Waals surface area contributed by atoms with Crippen molar-refractivity contribution in [2.24, 2.45) is 0 Å². The predicted molar refractivity (Wildman–Crippen MR) is 129 cm³/mol. The number of thiophene rings is 1. The third kappa shape index (κ3) is 4.38. The van der Waals surface area contributed by atoms with Gasteiger partial charge in [0.2, 0.25) is 0 Å². The highest BCUT2D eigenvalue weighted by Crippen LogP contribution is 2.44. The number of aromatic nitrogens is 2. The molecule has 0 amide bonds. The Bertz CT molecular complexity index is 1250. The van der Waals surface area contributed by atoms with Crippen LogP contribution in [0.3, 0.4) is 0 Å². The molecular formula is C24H23N3O2S2. The van der Waals surface area contributed by atoms with E-state index in [1.54, 1.807) is 23.1 Å². The number of benzene rings is 2. The summed E-state index contributed by atoms with van der Waals surface area (Å²) in [5.74, 6) is 2.12. The van der Waals surface area contributed by atoms with Crippen molar-refractivity contribution in [3.8, 4) is 0 Å². The zero-order valence-corrected chi connectivity index (χ0v) is 18.9. The molecule has 1 aliphatic rings. The number of methoxy groups -OCH3 is 1. The van der Waals surface area contributed by atoms with Crippen LogP contribution in [0.25, 0.3) is 21.0 Å². The summed E-state index contributed by atoms with van der Waals surface area (Å²) in [6, 6.07) is 15.1. The molecule has 5 nitrogen and oxygen atoms in total. The fourth-order valence-corrected chi connectivity index (χ4v) is 5.35. The maximum atomic E-state index is 11.3. The summed E-state index contributed by atoms with van der Waals surface area (Å²) >= 11 is 3.21. The van der Waals surface area contributed by atoms with Gasteiger partial charge in [-0.15, -0.1) is 11.3 Å². The van der Waals surface area contributed by atoms with E-state index in [1.807, 2.05) is 11.4 Å². The first kappa shape index (κ1) is 20.3. The SMILES string of the molecule is COC(=O)CCCSc1nc(Nc2ccc(C3CC3)c3ccccc23)c2sccc2n1. The second-order valence-corrected chi connectivity index (χ2v) is 9.64. The van der Waals surface area contributed by atoms with E-state index in [2.05, 4.69) is 46.7 Å². The fraction of sp³-hybridized carbons (Fsp3) is 0.292. The van der Waals surface area contributed by atoms with Crippen LogP contribution in [0.2, 0.25) is 0 Å². The highest BCUT2D eigenvalue weighted by molar-refractivity contribution is 7.99. The summed E-state index contributed by atoms with van der Waals surface area (Å²) in [6.07, 6.45) is 3.72. The highest BCUT2D eigenvalue weighted by atomic mass is 32.2. The number of ether oxygens (including phenoxy) is 1. The second-order valence-electron chi connectivity index (χ2n) is 7.67. The van der Waals surface area contributed by atoms with E-state index in [9.17, 15) is 4.79 Å². The lowest BCUT2D eigenvalue weighted by Crippen LogP contribution is -2.01. The Kier molecular flexibility index (Phi) is 5.78. The Hall–Kier alpha value is -2.64. The van der Waals surface area contributed by atoms with E-state index in [0.717, 1.165) is 39.1 Å². The van der Waals surface area contributed by atoms with Crippen LogP contribution in [0, 0.1) is 0 Å². The molecule has 2 heterocycles. The molecule has 0 bridgehead atoms. The van der Waals surface area contributed by atoms with E-state index in [0.29, 0.717) is 12.3 Å². The highest BCUT2D eigenvalue weighted by Gasteiger charge is 2.25. The van der Waals surface area contributed by atoms with Crippen molar-refractivity contribution in [3.05, 3.63) is 53.4 Å². The molecule has 0 radical (unpaired) electrons. The van der Waals surface area contributed by atoms with Crippen molar-refractivity contribution in [1.82, 2.24) is 9.97 Å². The molecule has 1 N–H and O–H groups in total. The lowest BCUT2D eigenvalue weighted by molar-refractivity contribution is -0.140. The zero-order valence-electron chi connectivity index (χ0n) is 17.3. The van der Waals surface area contributed by atoms with Gasteiger partial charge in [-0.3, -0.25) is 4.79 Å². The zero-order chi connectivity index (χ0) is 21.2. The number of rotatable bonds is 8. The maximum Gasteiger partial charge on any atom is 0.305 e. The Balaban J connectivity index is 1.43. The lowest BCUT2D eigenvalue weighted by Gasteiger charge is -2.13. The summed E-state index contributed by atoms with van der Waals surface area (Å²) in [5.41, 5.74) is 3.46. The molecular weight excluding hydrogens is 426 g/mol. The molecule has 0 spiro atoms. The van der Waals surface area contributed by atoms with E-state index in [4.69, 9.17) is 9.72 Å². The Morgan fingerprint density at radius 1 is 1.16 bits per heavy atom. The smallest absolute Gasteiger partial charge is 0.305 e. The molecule has 5 rings (SSSR count). The van der Waals surface area contributed by atoms with Crippen LogP contribution >= 0.6 is 23.1 Å². The van der Waals surface area contributed by atoms with Gasteiger partial charge in [-0.1, -0.05) is 42.1 Å². The average molecular weight is 450 g/mol. The number of carbonyl (C=O) groups excluding carboxylic acids is 1. The quantitative estimate of drug-likeness (QED) is 0.143. The monoisotopic (exact) mass is 449 g/mol. The summed E-state index contributed by atoms with van der Waals surface area (Å²) in [5, 5.41) is 8.91. The molecule has 0 unspecified atom stereocenters. The fourth-order valence-electron chi connectivity index (χ4n) is 3.78. The van der Waals surface area contributed by atoms with Crippen LogP contribution in [0.1, 0.15) is 37.2 Å². The Morgan fingerprint density at radius 3 is 2.81 bits per heavy atom. The standard InChI is InChI=1S/C24H23N3O2S2/c1-29-21(28)7-4-13-31-24-26-20-12-14-30-22(20)23(27-24)25-19-11-10-16(15-8-9-15)17-5-2-3-6-18(17)19/h2-3,5-6,10-12,14-15H,4,7-9,13H2,1H3,(H,25,26,27). The van der Waals surface area contributed by atoms with Crippen LogP contribution in [0.5, 0.6) is 0 Å². The van der Waals surface area contributed by atoms with Crippen LogP contribution < -0.4 is 5.32 Å². The lowest BCUT2D eigenvalue weighted by atomic mass is 9.99. The third-order valence-electron chi connectivity index (χ3n) is 5.50. The largest absolute Gasteiger partial charge is 0.469 e. The first-order valence-electron chi connectivity index (χ1n) is 10.5. The van der Waals surface area contributed by atoms with Crippen molar-refractivity contribution in [2.75, 3.05) is 18.2 Å². The minimum atomic E-state index is -0.182. The maximum absolute atomic E-state index is 11.3. The normalized spacial score (nSPS) is 13.6. The first-order valence-corrected chi connectivity index (χ1v) is 12.3. The number of nitrogens with zero attached hydrogens (tertiary/aromatic N) is 2. The van der Waals surface area contributed by atoms with Gasteiger partial charge in [-0.2, -0.15) is 0 Å². The average Bonchev–Trinajstić information content (AvgIpc) is 3.53. The third-order valence-corrected chi connectivity index (χ3v) is 7.34. The van der Waals surface area contributed by atoms with Gasteiger partial charge < -0.3 is 10.1 Å². The number of esters is 1. The van der Waals surface area contributed by atoms with Gasteiger partial charge in [0.25, 0.3) is 0 Å². The molecule has 1 saturated carbocycles. The van der Waals surface area contributed by atoms with Gasteiger partial charge >= 0.3 is 5.97 Å². The summed E-state index contributed by atoms with van der Waals surface area (Å²) < 4.78 is 5.76. The predicted octanol–water partition coefficient (Wildman–Crippen LogP) is 6.51. The number of hydrogen-bond donors (Lipinski definition) is 1. The Morgan fingerprint density at radius 2 is 2.00 bits per heavy atom. The van der Waals surface area contributed by atoms with Crippen molar-refractivity contribution in [3.63, 3.8) is 0 Å². The Labute approximate surface area is 189 Å². The molecule has 1 fully saturated rings. The van der Waals surface area contributed by atoms with Gasteiger partial charge in [-0.25, -0.2) is 9.97 Å². The number of anilines is 2. The molecule has 0 aliphatic heterocycles. The first-order chi connectivity index (χ1) is 15.2. The van der Waals surface area contributed by atoms with Gasteiger partial charge in [0, 0.05) is 23.2 Å². The van der Waals surface area contributed by atoms with E-state index in [1.165, 1.54) is 36.3 Å². The number of thioether (sulfide) groups is 1. The molecule has 4 aromatic rings. The van der Waals surface area contributed by atoms with E-state index < -0.39 is 0 Å². The van der Waals surface area contributed by atoms with Crippen molar-refractivity contribution >= 4 is 61.6 Å². The molecule has 1 aliphatic carbocycles. The summed E-state index contributed by atoms with van der Waals surface area (Å²) in [4.78, 5) is 20.8. The van der Waals surface area contributed by atoms with Crippen molar-refractivity contribution in [2.45, 2.75) is 36.8 Å². The van der Waals surface area contributed by atoms with Crippen LogP contribution in [-0.2, 0) is 9.53 Å². The topological polar surface area (TPSA) is 64.1 Å². The van der Waals surface area contributed by atoms with Crippen molar-refractivity contribution < 1.29 is 9.53 Å². The molecule has 158 valence electrons. The van der Waals surface area contributed by atoms with Crippen LogP contribution in [0.15, 0.2) is 53.0 Å². The minimum absolute atomic E-state index is 0.182. The van der Waals surface area contributed by atoms with Gasteiger partial charge in [0.15, 0.2) is 11.0 Å². The summed E-state index contributed by atoms with van der Waals surface area (Å²) in [6.45, 7) is 0. The number of carbonyl (C=O) groups is 1. The number of nitrogens with one attached hydrogen (secondary N) is 1. The van der Waals surface area contributed by atoms with E-state index >= 15 is 0 Å². The van der Waals surface area contributed by atoms with Gasteiger partial charge in [0.05, 0.1) is 17.3 Å². The molecule has 31 heavy (non-hydrogen) atoms. The molecule has 2 aromatic heterocycles. The van der Waals surface area contributed by atoms with E-state index in [-0.39, 0.29) is 5.97 Å². The minimum Gasteiger partial charge on any atom is -0.469 e. The number of fused-ring (bicyclic) bond motifs is 2. The van der Waals surface area contributed by atoms with Crippen molar-refractivity contribution in [1.29, 1.82) is 0 Å². The van der Waals surface area contributed by atoms with Gasteiger partial charge in [0.1, 0.15) is 0 Å². The molecule has 2 aromatic carbocycles. The second kappa shape index (κ2) is 8.85. The molecule has 0 atom stereocenters. The van der Waals surface area contributed by atoms with Crippen LogP contribution in [-0.4, -0.2) is 28.8 Å².